The predicted octanol–water partition coefficient (Wildman–Crippen LogP) is 1.70. The molecule has 1 aromatic carbocycles. The number of para-hydroxylation sites is 1. The van der Waals surface area contributed by atoms with Gasteiger partial charge in [0.2, 0.25) is 10.0 Å². The highest BCUT2D eigenvalue weighted by Gasteiger charge is 2.31. The third-order valence-electron chi connectivity index (χ3n) is 3.66. The number of ether oxygens (including phenoxy) is 1. The lowest BCUT2D eigenvalue weighted by Gasteiger charge is -2.34. The van der Waals surface area contributed by atoms with Gasteiger partial charge in [0.25, 0.3) is 0 Å². The number of methoxy groups -OCH3 is 1. The number of sulfonamides is 1. The Bertz CT molecular complexity index is 572. The van der Waals surface area contributed by atoms with Crippen molar-refractivity contribution in [3.8, 4) is 5.75 Å². The Labute approximate surface area is 127 Å². The highest BCUT2D eigenvalue weighted by molar-refractivity contribution is 7.89. The van der Waals surface area contributed by atoms with Gasteiger partial charge in [-0.25, -0.2) is 8.42 Å². The maximum absolute atomic E-state index is 12.8. The molecule has 5 nitrogen and oxygen atoms in total. The van der Waals surface area contributed by atoms with E-state index in [2.05, 4.69) is 19.2 Å². The summed E-state index contributed by atoms with van der Waals surface area (Å²) in [6.45, 7) is 5.99. The first-order chi connectivity index (χ1) is 9.95. The van der Waals surface area contributed by atoms with Crippen LogP contribution in [0.5, 0.6) is 5.75 Å². The SMILES string of the molecule is COc1ccccc1S(=O)(=O)N1CCN[C@@H](CC(C)C)C1. The summed E-state index contributed by atoms with van der Waals surface area (Å²) in [7, 11) is -2.01. The minimum absolute atomic E-state index is 0.211. The van der Waals surface area contributed by atoms with Crippen molar-refractivity contribution in [2.75, 3.05) is 26.7 Å². The van der Waals surface area contributed by atoms with Gasteiger partial charge < -0.3 is 10.1 Å². The molecule has 1 aromatic rings. The quantitative estimate of drug-likeness (QED) is 0.899. The van der Waals surface area contributed by atoms with Crippen molar-refractivity contribution in [1.82, 2.24) is 9.62 Å². The Morgan fingerprint density at radius 3 is 2.76 bits per heavy atom. The normalized spacial score (nSPS) is 20.7. The zero-order valence-corrected chi connectivity index (χ0v) is 13.7. The fraction of sp³-hybridized carbons (Fsp3) is 0.600. The molecular formula is C15H24N2O3S. The summed E-state index contributed by atoms with van der Waals surface area (Å²) in [5, 5.41) is 3.40. The number of benzene rings is 1. The summed E-state index contributed by atoms with van der Waals surface area (Å²) in [5.41, 5.74) is 0. The van der Waals surface area contributed by atoms with Crippen molar-refractivity contribution < 1.29 is 13.2 Å². The molecule has 2 rings (SSSR count). The molecule has 1 fully saturated rings. The first kappa shape index (κ1) is 16.3. The molecule has 0 bridgehead atoms. The van der Waals surface area contributed by atoms with Gasteiger partial charge in [-0.1, -0.05) is 26.0 Å². The van der Waals surface area contributed by atoms with Crippen LogP contribution in [0.4, 0.5) is 0 Å². The molecule has 0 unspecified atom stereocenters. The van der Waals surface area contributed by atoms with E-state index in [0.717, 1.165) is 6.42 Å². The number of hydrogen-bond acceptors (Lipinski definition) is 4. The second-order valence-corrected chi connectivity index (χ2v) is 7.70. The summed E-state index contributed by atoms with van der Waals surface area (Å²) in [6, 6.07) is 7.00. The monoisotopic (exact) mass is 312 g/mol. The summed E-state index contributed by atoms with van der Waals surface area (Å²) < 4.78 is 32.4. The lowest BCUT2D eigenvalue weighted by molar-refractivity contribution is 0.271. The minimum Gasteiger partial charge on any atom is -0.495 e. The number of rotatable bonds is 5. The maximum Gasteiger partial charge on any atom is 0.246 e. The van der Waals surface area contributed by atoms with Gasteiger partial charge in [0.1, 0.15) is 10.6 Å². The van der Waals surface area contributed by atoms with E-state index in [4.69, 9.17) is 4.74 Å². The van der Waals surface area contributed by atoms with Gasteiger partial charge in [0.15, 0.2) is 0 Å². The lowest BCUT2D eigenvalue weighted by Crippen LogP contribution is -2.52. The Morgan fingerprint density at radius 1 is 1.38 bits per heavy atom. The molecule has 0 amide bonds. The van der Waals surface area contributed by atoms with Crippen LogP contribution in [-0.2, 0) is 10.0 Å². The second-order valence-electron chi connectivity index (χ2n) is 5.79. The number of piperazine rings is 1. The third kappa shape index (κ3) is 3.75. The highest BCUT2D eigenvalue weighted by Crippen LogP contribution is 2.27. The molecule has 6 heteroatoms. The highest BCUT2D eigenvalue weighted by atomic mass is 32.2. The number of nitrogens with zero attached hydrogens (tertiary/aromatic N) is 1. The first-order valence-electron chi connectivity index (χ1n) is 7.31. The number of hydrogen-bond donors (Lipinski definition) is 1. The van der Waals surface area contributed by atoms with Crippen molar-refractivity contribution in [3.05, 3.63) is 24.3 Å². The molecule has 0 aliphatic carbocycles. The van der Waals surface area contributed by atoms with Crippen LogP contribution in [0.15, 0.2) is 29.2 Å². The summed E-state index contributed by atoms with van der Waals surface area (Å²) in [4.78, 5) is 0.248. The lowest BCUT2D eigenvalue weighted by atomic mass is 10.0. The second kappa shape index (κ2) is 6.77. The van der Waals surface area contributed by atoms with Gasteiger partial charge in [-0.15, -0.1) is 0 Å². The Hall–Kier alpha value is -1.11. The summed E-state index contributed by atoms with van der Waals surface area (Å²) >= 11 is 0. The van der Waals surface area contributed by atoms with E-state index >= 15 is 0 Å². The van der Waals surface area contributed by atoms with Gasteiger partial charge in [-0.2, -0.15) is 4.31 Å². The maximum atomic E-state index is 12.8. The van der Waals surface area contributed by atoms with Crippen LogP contribution in [0.1, 0.15) is 20.3 Å². The van der Waals surface area contributed by atoms with Gasteiger partial charge in [0, 0.05) is 25.7 Å². The molecular weight excluding hydrogens is 288 g/mol. The van der Waals surface area contributed by atoms with Crippen molar-refractivity contribution >= 4 is 10.0 Å². The molecule has 1 aliphatic rings. The molecule has 0 aromatic heterocycles. The topological polar surface area (TPSA) is 58.6 Å². The van der Waals surface area contributed by atoms with E-state index in [0.29, 0.717) is 31.3 Å². The zero-order valence-electron chi connectivity index (χ0n) is 12.9. The fourth-order valence-electron chi connectivity index (χ4n) is 2.71. The smallest absolute Gasteiger partial charge is 0.246 e. The van der Waals surface area contributed by atoms with Crippen LogP contribution >= 0.6 is 0 Å². The Morgan fingerprint density at radius 2 is 2.10 bits per heavy atom. The molecule has 0 radical (unpaired) electrons. The first-order valence-corrected chi connectivity index (χ1v) is 8.75. The average Bonchev–Trinajstić information content (AvgIpc) is 2.46. The van der Waals surface area contributed by atoms with Gasteiger partial charge in [-0.3, -0.25) is 0 Å². The molecule has 1 aliphatic heterocycles. The molecule has 118 valence electrons. The van der Waals surface area contributed by atoms with Crippen LogP contribution in [0.2, 0.25) is 0 Å². The van der Waals surface area contributed by atoms with E-state index in [1.165, 1.54) is 7.11 Å². The van der Waals surface area contributed by atoms with E-state index in [1.807, 2.05) is 0 Å². The predicted molar refractivity (Wildman–Crippen MR) is 83.0 cm³/mol. The van der Waals surface area contributed by atoms with E-state index in [1.54, 1.807) is 28.6 Å². The van der Waals surface area contributed by atoms with Crippen LogP contribution in [-0.4, -0.2) is 45.5 Å². The Kier molecular flexibility index (Phi) is 5.24. The molecule has 0 spiro atoms. The molecule has 1 heterocycles. The van der Waals surface area contributed by atoms with Crippen LogP contribution in [0.25, 0.3) is 0 Å². The minimum atomic E-state index is -3.51. The van der Waals surface area contributed by atoms with Crippen LogP contribution in [0.3, 0.4) is 0 Å². The summed E-state index contributed by atoms with van der Waals surface area (Å²) in [6.07, 6.45) is 0.970. The third-order valence-corrected chi connectivity index (χ3v) is 5.57. The molecule has 0 saturated carbocycles. The van der Waals surface area contributed by atoms with Crippen LogP contribution in [0, 0.1) is 5.92 Å². The molecule has 1 saturated heterocycles. The summed E-state index contributed by atoms with van der Waals surface area (Å²) in [5.74, 6) is 0.938. The molecule has 1 N–H and O–H groups in total. The van der Waals surface area contributed by atoms with Crippen molar-refractivity contribution in [2.45, 2.75) is 31.2 Å². The zero-order chi connectivity index (χ0) is 15.5. The van der Waals surface area contributed by atoms with Gasteiger partial charge in [-0.05, 0) is 24.5 Å². The fourth-order valence-corrected chi connectivity index (χ4v) is 4.35. The van der Waals surface area contributed by atoms with Crippen molar-refractivity contribution in [1.29, 1.82) is 0 Å². The largest absolute Gasteiger partial charge is 0.495 e. The van der Waals surface area contributed by atoms with Crippen molar-refractivity contribution in [3.63, 3.8) is 0 Å². The number of nitrogens with one attached hydrogen (secondary N) is 1. The average molecular weight is 312 g/mol. The van der Waals surface area contributed by atoms with Crippen LogP contribution < -0.4 is 10.1 Å². The van der Waals surface area contributed by atoms with Gasteiger partial charge in [0.05, 0.1) is 7.11 Å². The van der Waals surface area contributed by atoms with Crippen molar-refractivity contribution in [2.24, 2.45) is 5.92 Å². The van der Waals surface area contributed by atoms with E-state index in [9.17, 15) is 8.42 Å². The van der Waals surface area contributed by atoms with E-state index in [-0.39, 0.29) is 10.9 Å². The van der Waals surface area contributed by atoms with E-state index < -0.39 is 10.0 Å². The van der Waals surface area contributed by atoms with Gasteiger partial charge >= 0.3 is 0 Å². The Balaban J connectivity index is 2.22. The molecule has 21 heavy (non-hydrogen) atoms. The standard InChI is InChI=1S/C15H24N2O3S/c1-12(2)10-13-11-17(9-8-16-13)21(18,19)15-7-5-4-6-14(15)20-3/h4-7,12-13,16H,8-11H2,1-3H3/t13-/m0/s1. The molecule has 1 atom stereocenters.